The Morgan fingerprint density at radius 1 is 0.439 bits per heavy atom. The largest absolute Gasteiger partial charge is 2.00 e. The summed E-state index contributed by atoms with van der Waals surface area (Å²) >= 11 is 0. The van der Waals surface area contributed by atoms with E-state index in [9.17, 15) is 0 Å². The molecule has 0 saturated carbocycles. The predicted octanol–water partition coefficient (Wildman–Crippen LogP) is 14.9. The molecule has 0 spiro atoms. The maximum Gasteiger partial charge on any atom is 2.00 e. The summed E-state index contributed by atoms with van der Waals surface area (Å²) in [6, 6.07) is 81.1. The summed E-state index contributed by atoms with van der Waals surface area (Å²) in [5.41, 5.74) is 16.6. The standard InChI is InChI=1S/C60H37N5.Pt/c1-5-17-39(18-6-1)42-33-34-61-56(38-42)65-54-36-43(31-32-49(54)57-51(41-21-9-3-10-22-41)35-44(37-55(57)65)40-19-7-2-8-20-40)46-26-16-30-53-59(46)63-60(64(53)45-23-11-4-12-24-45)50-28-15-27-48-47-25-13-14-29-52(47)62-58(48)50;/h1-35,37-38H;/q-2;+2. The van der Waals surface area contributed by atoms with Crippen molar-refractivity contribution in [1.29, 1.82) is 0 Å². The second-order valence-corrected chi connectivity index (χ2v) is 16.5. The molecule has 0 aliphatic heterocycles. The normalized spacial score (nSPS) is 11.5. The van der Waals surface area contributed by atoms with Crippen molar-refractivity contribution in [3.05, 3.63) is 231 Å². The Bertz CT molecular complexity index is 3930. The van der Waals surface area contributed by atoms with Gasteiger partial charge in [-0.05, 0) is 97.5 Å². The van der Waals surface area contributed by atoms with E-state index in [1.807, 2.05) is 12.3 Å². The number of fused-ring (bicyclic) bond motifs is 7. The van der Waals surface area contributed by atoms with Crippen molar-refractivity contribution in [3.8, 4) is 67.4 Å². The third-order valence-electron chi connectivity index (χ3n) is 12.7. The minimum atomic E-state index is 0. The molecular weight excluding hydrogens is 986 g/mol. The third-order valence-corrected chi connectivity index (χ3v) is 12.7. The number of hydrogen-bond acceptors (Lipinski definition) is 2. The Balaban J connectivity index is 0.00000456. The fraction of sp³-hybridized carbons (Fsp3) is 0. The van der Waals surface area contributed by atoms with Crippen LogP contribution in [-0.4, -0.2) is 19.1 Å². The molecule has 0 fully saturated rings. The van der Waals surface area contributed by atoms with Crippen LogP contribution in [0.2, 0.25) is 0 Å². The van der Waals surface area contributed by atoms with E-state index in [0.717, 1.165) is 122 Å². The van der Waals surface area contributed by atoms with Gasteiger partial charge in [-0.25, -0.2) is 9.97 Å². The molecular formula is C60H37N5Pt. The van der Waals surface area contributed by atoms with Gasteiger partial charge in [-0.2, -0.15) is 0 Å². The van der Waals surface area contributed by atoms with Gasteiger partial charge in [-0.15, -0.1) is 34.8 Å². The molecule has 0 N–H and O–H groups in total. The summed E-state index contributed by atoms with van der Waals surface area (Å²) in [5.74, 6) is 1.66. The topological polar surface area (TPSA) is 49.7 Å². The predicted molar refractivity (Wildman–Crippen MR) is 268 cm³/mol. The summed E-state index contributed by atoms with van der Waals surface area (Å²) < 4.78 is 4.58. The SMILES string of the molecule is [Pt+2].[c-]1c(-c2cccc3c2nc(-c2cccc4c2[n-]c2ccccc24)n3-c2ccccc2)ccc2c3c(-c4ccccc4)cc(-c4ccccc4)cc3n(-c3cc(-c4ccccc4)ccn3)c12. The van der Waals surface area contributed by atoms with E-state index < -0.39 is 0 Å². The maximum atomic E-state index is 5.59. The van der Waals surface area contributed by atoms with Crippen LogP contribution in [0.15, 0.2) is 225 Å². The molecule has 0 saturated heterocycles. The number of para-hydroxylation sites is 4. The minimum Gasteiger partial charge on any atom is -0.656 e. The zero-order valence-corrected chi connectivity index (χ0v) is 37.7. The molecule has 4 aromatic heterocycles. The van der Waals surface area contributed by atoms with Crippen molar-refractivity contribution in [2.45, 2.75) is 0 Å². The van der Waals surface area contributed by atoms with Gasteiger partial charge < -0.3 is 9.55 Å². The quantitative estimate of drug-likeness (QED) is 0.150. The van der Waals surface area contributed by atoms with Gasteiger partial charge in [0.2, 0.25) is 0 Å². The molecule has 66 heavy (non-hydrogen) atoms. The van der Waals surface area contributed by atoms with Crippen LogP contribution in [0.1, 0.15) is 0 Å². The summed E-state index contributed by atoms with van der Waals surface area (Å²) in [6.07, 6.45) is 1.92. The smallest absolute Gasteiger partial charge is 0.656 e. The van der Waals surface area contributed by atoms with Crippen LogP contribution < -0.4 is 4.98 Å². The van der Waals surface area contributed by atoms with Crippen molar-refractivity contribution in [2.75, 3.05) is 0 Å². The van der Waals surface area contributed by atoms with E-state index in [-0.39, 0.29) is 21.1 Å². The molecule has 9 aromatic carbocycles. The van der Waals surface area contributed by atoms with E-state index in [1.54, 1.807) is 0 Å². The van der Waals surface area contributed by atoms with E-state index in [1.165, 1.54) is 0 Å². The first-order valence-corrected chi connectivity index (χ1v) is 21.9. The van der Waals surface area contributed by atoms with Crippen molar-refractivity contribution < 1.29 is 21.1 Å². The van der Waals surface area contributed by atoms with Gasteiger partial charge in [-0.3, -0.25) is 4.57 Å². The molecule has 0 unspecified atom stereocenters. The molecule has 0 bridgehead atoms. The number of aromatic nitrogens is 5. The second-order valence-electron chi connectivity index (χ2n) is 16.5. The number of rotatable bonds is 7. The van der Waals surface area contributed by atoms with Crippen molar-refractivity contribution in [2.24, 2.45) is 0 Å². The molecule has 5 nitrogen and oxygen atoms in total. The zero-order chi connectivity index (χ0) is 42.8. The van der Waals surface area contributed by atoms with E-state index in [0.29, 0.717) is 0 Å². The molecule has 0 aliphatic rings. The molecule has 0 radical (unpaired) electrons. The molecule has 13 aromatic rings. The van der Waals surface area contributed by atoms with Crippen LogP contribution in [0.5, 0.6) is 0 Å². The Morgan fingerprint density at radius 3 is 1.86 bits per heavy atom. The number of benzene rings is 9. The summed E-state index contributed by atoms with van der Waals surface area (Å²) in [7, 11) is 0. The summed E-state index contributed by atoms with van der Waals surface area (Å²) in [4.78, 5) is 15.9. The average Bonchev–Trinajstić information content (AvgIpc) is 4.07. The monoisotopic (exact) mass is 1020 g/mol. The first kappa shape index (κ1) is 39.5. The Morgan fingerprint density at radius 2 is 1.09 bits per heavy atom. The van der Waals surface area contributed by atoms with Gasteiger partial charge in [0.25, 0.3) is 0 Å². The molecule has 13 rings (SSSR count). The Labute approximate surface area is 395 Å². The fourth-order valence-electron chi connectivity index (χ4n) is 9.77. The van der Waals surface area contributed by atoms with Gasteiger partial charge in [0.05, 0.1) is 11.0 Å². The van der Waals surface area contributed by atoms with Gasteiger partial charge in [-0.1, -0.05) is 175 Å². The van der Waals surface area contributed by atoms with Crippen LogP contribution in [0, 0.1) is 6.07 Å². The fourth-order valence-corrected chi connectivity index (χ4v) is 9.77. The van der Waals surface area contributed by atoms with Crippen LogP contribution in [0.3, 0.4) is 0 Å². The molecule has 0 atom stereocenters. The zero-order valence-electron chi connectivity index (χ0n) is 35.4. The van der Waals surface area contributed by atoms with Crippen LogP contribution in [-0.2, 0) is 21.1 Å². The van der Waals surface area contributed by atoms with Gasteiger partial charge in [0.15, 0.2) is 0 Å². The number of pyridine rings is 1. The third kappa shape index (κ3) is 6.42. The van der Waals surface area contributed by atoms with Crippen molar-refractivity contribution >= 4 is 54.6 Å². The van der Waals surface area contributed by atoms with Crippen LogP contribution in [0.25, 0.3) is 122 Å². The first-order valence-electron chi connectivity index (χ1n) is 21.9. The number of imidazole rings is 1. The van der Waals surface area contributed by atoms with Gasteiger partial charge in [0, 0.05) is 23.0 Å². The second kappa shape index (κ2) is 16.2. The first-order chi connectivity index (χ1) is 32.2. The molecule has 6 heteroatoms. The number of hydrogen-bond donors (Lipinski definition) is 0. The molecule has 4 heterocycles. The molecule has 312 valence electrons. The maximum absolute atomic E-state index is 5.59. The average molecular weight is 1020 g/mol. The number of nitrogens with zero attached hydrogens (tertiary/aromatic N) is 5. The summed E-state index contributed by atoms with van der Waals surface area (Å²) in [6.45, 7) is 0. The van der Waals surface area contributed by atoms with Gasteiger partial charge in [0.1, 0.15) is 11.6 Å². The molecule has 0 amide bonds. The van der Waals surface area contributed by atoms with E-state index in [2.05, 4.69) is 228 Å². The van der Waals surface area contributed by atoms with Crippen LogP contribution >= 0.6 is 0 Å². The molecule has 0 aliphatic carbocycles. The van der Waals surface area contributed by atoms with Crippen LogP contribution in [0.4, 0.5) is 0 Å². The van der Waals surface area contributed by atoms with E-state index >= 15 is 0 Å². The Kier molecular flexibility index (Phi) is 9.66. The Hall–Kier alpha value is -8.11. The van der Waals surface area contributed by atoms with Crippen molar-refractivity contribution in [3.63, 3.8) is 0 Å². The van der Waals surface area contributed by atoms with E-state index in [4.69, 9.17) is 15.0 Å². The van der Waals surface area contributed by atoms with Gasteiger partial charge >= 0.3 is 21.1 Å². The summed E-state index contributed by atoms with van der Waals surface area (Å²) in [5, 5.41) is 4.50. The minimum absolute atomic E-state index is 0. The van der Waals surface area contributed by atoms with Crippen molar-refractivity contribution in [1.82, 2.24) is 24.1 Å².